The van der Waals surface area contributed by atoms with E-state index in [1.807, 2.05) is 76.2 Å². The Hall–Kier alpha value is -2.99. The van der Waals surface area contributed by atoms with E-state index in [0.717, 1.165) is 46.1 Å². The van der Waals surface area contributed by atoms with Gasteiger partial charge in [-0.15, -0.1) is 0 Å². The molecule has 0 aliphatic heterocycles. The second-order valence-corrected chi connectivity index (χ2v) is 7.47. The minimum Gasteiger partial charge on any atom is -0.493 e. The quantitative estimate of drug-likeness (QED) is 0.164. The van der Waals surface area contributed by atoms with Crippen molar-refractivity contribution in [1.82, 2.24) is 0 Å². The fraction of sp³-hybridized carbons (Fsp3) is 0.423. The number of hydrogen-bond donors (Lipinski definition) is 0. The van der Waals surface area contributed by atoms with Gasteiger partial charge in [0.05, 0.1) is 32.1 Å². The number of benzene rings is 2. The molecule has 32 heavy (non-hydrogen) atoms. The summed E-state index contributed by atoms with van der Waals surface area (Å²) in [6, 6.07) is 11.9. The van der Waals surface area contributed by atoms with Crippen LogP contribution in [0, 0.1) is 13.8 Å². The van der Waals surface area contributed by atoms with Crippen LogP contribution in [0.1, 0.15) is 37.0 Å². The Bertz CT molecular complexity index is 869. The number of ether oxygens (including phenoxy) is 4. The fourth-order valence-electron chi connectivity index (χ4n) is 3.11. The average molecular weight is 442 g/mol. The summed E-state index contributed by atoms with van der Waals surface area (Å²) in [5.74, 6) is 2.59. The van der Waals surface area contributed by atoms with Gasteiger partial charge in [0.15, 0.2) is 0 Å². The van der Waals surface area contributed by atoms with E-state index in [-0.39, 0.29) is 0 Å². The maximum atomic E-state index is 6.01. The van der Waals surface area contributed by atoms with Crippen molar-refractivity contribution in [3.63, 3.8) is 0 Å². The highest BCUT2D eigenvalue weighted by atomic mass is 16.6. The number of nitrogens with zero attached hydrogens (tertiary/aromatic N) is 1. The van der Waals surface area contributed by atoms with Crippen LogP contribution in [0.5, 0.6) is 17.2 Å². The highest BCUT2D eigenvalue weighted by Gasteiger charge is 2.07. The SMILES string of the molecule is C/C=C/COc1cc(C)c(OCCCOc2cccc(COC/C(C)=N/OC)c2)c(C)c1. The maximum absolute atomic E-state index is 6.01. The van der Waals surface area contributed by atoms with Crippen LogP contribution in [-0.2, 0) is 16.2 Å². The lowest BCUT2D eigenvalue weighted by Crippen LogP contribution is -2.07. The second kappa shape index (κ2) is 14.1. The minimum atomic E-state index is 0.429. The molecule has 0 spiro atoms. The molecule has 0 fully saturated rings. The highest BCUT2D eigenvalue weighted by Crippen LogP contribution is 2.28. The van der Waals surface area contributed by atoms with Crippen LogP contribution in [0.15, 0.2) is 53.7 Å². The van der Waals surface area contributed by atoms with Crippen LogP contribution >= 0.6 is 0 Å². The second-order valence-electron chi connectivity index (χ2n) is 7.47. The predicted molar refractivity (Wildman–Crippen MR) is 128 cm³/mol. The Morgan fingerprint density at radius 1 is 0.969 bits per heavy atom. The van der Waals surface area contributed by atoms with Crippen molar-refractivity contribution in [2.75, 3.05) is 33.5 Å². The highest BCUT2D eigenvalue weighted by molar-refractivity contribution is 5.82. The number of rotatable bonds is 14. The zero-order valence-electron chi connectivity index (χ0n) is 19.8. The van der Waals surface area contributed by atoms with Crippen LogP contribution in [0.4, 0.5) is 0 Å². The Morgan fingerprint density at radius 3 is 2.44 bits per heavy atom. The molecule has 0 atom stereocenters. The summed E-state index contributed by atoms with van der Waals surface area (Å²) in [7, 11) is 1.52. The smallest absolute Gasteiger partial charge is 0.125 e. The lowest BCUT2D eigenvalue weighted by Gasteiger charge is -2.14. The molecule has 174 valence electrons. The van der Waals surface area contributed by atoms with Gasteiger partial charge in [-0.1, -0.05) is 29.4 Å². The van der Waals surface area contributed by atoms with Crippen molar-refractivity contribution in [2.24, 2.45) is 5.16 Å². The lowest BCUT2D eigenvalue weighted by molar-refractivity contribution is 0.150. The molecule has 0 heterocycles. The van der Waals surface area contributed by atoms with E-state index in [0.29, 0.717) is 33.0 Å². The first kappa shape index (κ1) is 25.3. The molecule has 0 amide bonds. The molecule has 2 aromatic rings. The third-order valence-corrected chi connectivity index (χ3v) is 4.54. The largest absolute Gasteiger partial charge is 0.493 e. The summed E-state index contributed by atoms with van der Waals surface area (Å²) in [6.07, 6.45) is 4.74. The van der Waals surface area contributed by atoms with Gasteiger partial charge in [-0.25, -0.2) is 0 Å². The Kier molecular flexibility index (Phi) is 11.2. The zero-order chi connectivity index (χ0) is 23.2. The first-order chi connectivity index (χ1) is 15.5. The van der Waals surface area contributed by atoms with E-state index in [1.165, 1.54) is 7.11 Å². The molecule has 6 heteroatoms. The Balaban J connectivity index is 1.74. The lowest BCUT2D eigenvalue weighted by atomic mass is 10.1. The first-order valence-electron chi connectivity index (χ1n) is 10.9. The standard InChI is InChI=1S/C26H35NO5/c1-6-7-12-31-25-15-20(2)26(21(3)16-25)32-14-9-13-30-24-11-8-10-23(17-24)19-29-18-22(4)27-28-5/h6-8,10-11,15-17H,9,12-14,18-19H2,1-5H3/b7-6+,27-22+. The van der Waals surface area contributed by atoms with E-state index in [4.69, 9.17) is 23.8 Å². The van der Waals surface area contributed by atoms with Gasteiger partial charge in [0.25, 0.3) is 0 Å². The molecule has 2 rings (SSSR count). The van der Waals surface area contributed by atoms with Gasteiger partial charge in [-0.3, -0.25) is 0 Å². The molecular weight excluding hydrogens is 406 g/mol. The summed E-state index contributed by atoms with van der Waals surface area (Å²) in [6.45, 7) is 10.6. The zero-order valence-corrected chi connectivity index (χ0v) is 19.8. The van der Waals surface area contributed by atoms with Gasteiger partial charge >= 0.3 is 0 Å². The Morgan fingerprint density at radius 2 is 1.72 bits per heavy atom. The molecule has 0 bridgehead atoms. The molecule has 0 saturated heterocycles. The first-order valence-corrected chi connectivity index (χ1v) is 10.9. The van der Waals surface area contributed by atoms with Crippen molar-refractivity contribution in [1.29, 1.82) is 0 Å². The van der Waals surface area contributed by atoms with Crippen molar-refractivity contribution in [2.45, 2.75) is 40.7 Å². The van der Waals surface area contributed by atoms with E-state index >= 15 is 0 Å². The van der Waals surface area contributed by atoms with Crippen LogP contribution in [-0.4, -0.2) is 39.2 Å². The molecule has 0 unspecified atom stereocenters. The van der Waals surface area contributed by atoms with E-state index in [2.05, 4.69) is 5.16 Å². The molecule has 2 aromatic carbocycles. The van der Waals surface area contributed by atoms with Crippen molar-refractivity contribution in [3.05, 3.63) is 65.2 Å². The third kappa shape index (κ3) is 9.02. The molecule has 0 aliphatic carbocycles. The summed E-state index contributed by atoms with van der Waals surface area (Å²) in [4.78, 5) is 4.72. The summed E-state index contributed by atoms with van der Waals surface area (Å²) >= 11 is 0. The fourth-order valence-corrected chi connectivity index (χ4v) is 3.11. The maximum Gasteiger partial charge on any atom is 0.125 e. The average Bonchev–Trinajstić information content (AvgIpc) is 2.76. The van der Waals surface area contributed by atoms with Crippen molar-refractivity contribution in [3.8, 4) is 17.2 Å². The molecular formula is C26H35NO5. The van der Waals surface area contributed by atoms with E-state index < -0.39 is 0 Å². The molecule has 0 N–H and O–H groups in total. The molecule has 0 aliphatic rings. The number of aryl methyl sites for hydroxylation is 2. The molecule has 0 radical (unpaired) electrons. The van der Waals surface area contributed by atoms with E-state index in [1.54, 1.807) is 0 Å². The Labute approximate surface area is 191 Å². The van der Waals surface area contributed by atoms with Gasteiger partial charge in [-0.05, 0) is 68.7 Å². The molecule has 0 saturated carbocycles. The van der Waals surface area contributed by atoms with Gasteiger partial charge < -0.3 is 23.8 Å². The molecule has 0 aromatic heterocycles. The van der Waals surface area contributed by atoms with Crippen molar-refractivity contribution >= 4 is 5.71 Å². The van der Waals surface area contributed by atoms with Crippen LogP contribution in [0.25, 0.3) is 0 Å². The number of oxime groups is 1. The van der Waals surface area contributed by atoms with E-state index in [9.17, 15) is 0 Å². The van der Waals surface area contributed by atoms with Gasteiger partial charge in [0.2, 0.25) is 0 Å². The van der Waals surface area contributed by atoms with Gasteiger partial charge in [0.1, 0.15) is 31.0 Å². The monoisotopic (exact) mass is 441 g/mol. The van der Waals surface area contributed by atoms with Gasteiger partial charge in [-0.2, -0.15) is 0 Å². The third-order valence-electron chi connectivity index (χ3n) is 4.54. The predicted octanol–water partition coefficient (Wildman–Crippen LogP) is 5.65. The number of hydrogen-bond acceptors (Lipinski definition) is 6. The number of allylic oxidation sites excluding steroid dienone is 1. The van der Waals surface area contributed by atoms with Crippen LogP contribution < -0.4 is 14.2 Å². The topological polar surface area (TPSA) is 58.5 Å². The summed E-state index contributed by atoms with van der Waals surface area (Å²) in [5.41, 5.74) is 3.98. The summed E-state index contributed by atoms with van der Waals surface area (Å²) < 4.78 is 23.3. The minimum absolute atomic E-state index is 0.429. The van der Waals surface area contributed by atoms with Crippen LogP contribution in [0.3, 0.4) is 0 Å². The molecule has 6 nitrogen and oxygen atoms in total. The van der Waals surface area contributed by atoms with Gasteiger partial charge in [0, 0.05) is 6.42 Å². The van der Waals surface area contributed by atoms with Crippen molar-refractivity contribution < 1.29 is 23.8 Å². The summed E-state index contributed by atoms with van der Waals surface area (Å²) in [5, 5.41) is 3.83. The van der Waals surface area contributed by atoms with Crippen LogP contribution in [0.2, 0.25) is 0 Å². The normalized spacial score (nSPS) is 11.6.